The first-order chi connectivity index (χ1) is 11.2. The fourth-order valence-corrected chi connectivity index (χ4v) is 1.90. The van der Waals surface area contributed by atoms with Crippen molar-refractivity contribution < 1.29 is 32.3 Å². The molecule has 0 unspecified atom stereocenters. The number of hydrogen-bond acceptors (Lipinski definition) is 6. The molecule has 0 spiro atoms. The summed E-state index contributed by atoms with van der Waals surface area (Å²) in [4.78, 5) is 42.5. The van der Waals surface area contributed by atoms with Crippen molar-refractivity contribution in [2.24, 2.45) is 0 Å². The fourth-order valence-electron chi connectivity index (χ4n) is 1.90. The van der Waals surface area contributed by atoms with Crippen LogP contribution in [0.25, 0.3) is 5.78 Å². The average Bonchev–Trinajstić information content (AvgIpc) is 2.96. The molecule has 1 N–H and O–H groups in total. The third-order valence-corrected chi connectivity index (χ3v) is 3.01. The summed E-state index contributed by atoms with van der Waals surface area (Å²) in [6.07, 6.45) is -1.83. The van der Waals surface area contributed by atoms with Crippen LogP contribution in [-0.4, -0.2) is 51.4 Å². The van der Waals surface area contributed by atoms with Crippen LogP contribution >= 0.6 is 0 Å². The number of carbonyl (C=O) groups excluding carboxylic acids is 3. The van der Waals surface area contributed by atoms with Crippen molar-refractivity contribution in [1.82, 2.24) is 19.7 Å². The Balaban J connectivity index is 2.21. The van der Waals surface area contributed by atoms with E-state index in [9.17, 15) is 27.6 Å². The predicted molar refractivity (Wildman–Crippen MR) is 71.9 cm³/mol. The number of nitrogens with zero attached hydrogens (tertiary/aromatic N) is 3. The summed E-state index contributed by atoms with van der Waals surface area (Å²) < 4.78 is 42.6. The van der Waals surface area contributed by atoms with Crippen LogP contribution in [0.1, 0.15) is 16.9 Å². The van der Waals surface area contributed by atoms with Crippen LogP contribution in [0.2, 0.25) is 0 Å². The molecule has 1 amide bonds. The number of amides is 1. The highest BCUT2D eigenvalue weighted by Gasteiger charge is 2.41. The average molecular weight is 344 g/mol. The fraction of sp³-hybridized carbons (Fsp3) is 0.308. The molecular weight excluding hydrogens is 333 g/mol. The number of rotatable bonds is 5. The molecule has 2 heterocycles. The maximum absolute atomic E-state index is 12.3. The molecule has 0 aliphatic heterocycles. The van der Waals surface area contributed by atoms with Crippen molar-refractivity contribution in [3.63, 3.8) is 0 Å². The Hall–Kier alpha value is -2.98. The highest BCUT2D eigenvalue weighted by atomic mass is 19.4. The minimum absolute atomic E-state index is 0.00765. The SMILES string of the molecule is COC(=O)[C@@H](CC(=O)c1cnc2ncccn12)NC(=O)C(F)(F)F. The van der Waals surface area contributed by atoms with Gasteiger partial charge in [0, 0.05) is 18.8 Å². The first kappa shape index (κ1) is 17.4. The first-order valence-electron chi connectivity index (χ1n) is 6.51. The minimum Gasteiger partial charge on any atom is -0.467 e. The van der Waals surface area contributed by atoms with Crippen LogP contribution < -0.4 is 5.32 Å². The van der Waals surface area contributed by atoms with Gasteiger partial charge in [-0.25, -0.2) is 14.8 Å². The number of aromatic nitrogens is 3. The number of fused-ring (bicyclic) bond motifs is 1. The number of carbonyl (C=O) groups is 3. The van der Waals surface area contributed by atoms with E-state index < -0.39 is 36.3 Å². The largest absolute Gasteiger partial charge is 0.471 e. The summed E-state index contributed by atoms with van der Waals surface area (Å²) in [6.45, 7) is 0. The van der Waals surface area contributed by atoms with Crippen molar-refractivity contribution in [1.29, 1.82) is 0 Å². The van der Waals surface area contributed by atoms with E-state index in [4.69, 9.17) is 0 Å². The molecule has 0 saturated heterocycles. The third kappa shape index (κ3) is 3.67. The second-order valence-electron chi connectivity index (χ2n) is 4.61. The molecule has 1 atom stereocenters. The third-order valence-electron chi connectivity index (χ3n) is 3.01. The monoisotopic (exact) mass is 344 g/mol. The van der Waals surface area contributed by atoms with Gasteiger partial charge in [0.2, 0.25) is 5.78 Å². The van der Waals surface area contributed by atoms with Crippen LogP contribution in [0.5, 0.6) is 0 Å². The van der Waals surface area contributed by atoms with Crippen LogP contribution in [0, 0.1) is 0 Å². The number of imidazole rings is 1. The van der Waals surface area contributed by atoms with E-state index in [1.54, 1.807) is 0 Å². The van der Waals surface area contributed by atoms with Crippen molar-refractivity contribution >= 4 is 23.4 Å². The molecule has 0 aliphatic rings. The smallest absolute Gasteiger partial charge is 0.467 e. The van der Waals surface area contributed by atoms with Gasteiger partial charge in [0.25, 0.3) is 0 Å². The quantitative estimate of drug-likeness (QED) is 0.627. The number of ether oxygens (including phenoxy) is 1. The molecule has 0 saturated carbocycles. The maximum atomic E-state index is 12.3. The molecule has 2 aromatic rings. The van der Waals surface area contributed by atoms with Crippen LogP contribution in [0.3, 0.4) is 0 Å². The van der Waals surface area contributed by atoms with Gasteiger partial charge >= 0.3 is 18.1 Å². The Morgan fingerprint density at radius 2 is 2.04 bits per heavy atom. The van der Waals surface area contributed by atoms with Gasteiger partial charge in [0.05, 0.1) is 13.3 Å². The lowest BCUT2D eigenvalue weighted by molar-refractivity contribution is -0.175. The summed E-state index contributed by atoms with van der Waals surface area (Å²) in [5.74, 6) is -4.03. The lowest BCUT2D eigenvalue weighted by Gasteiger charge is -2.16. The van der Waals surface area contributed by atoms with Gasteiger partial charge in [-0.1, -0.05) is 0 Å². The highest BCUT2D eigenvalue weighted by Crippen LogP contribution is 2.16. The van der Waals surface area contributed by atoms with Gasteiger partial charge in [-0.15, -0.1) is 0 Å². The summed E-state index contributed by atoms with van der Waals surface area (Å²) in [7, 11) is 0.928. The molecule has 11 heteroatoms. The minimum atomic E-state index is -5.19. The summed E-state index contributed by atoms with van der Waals surface area (Å²) in [6, 6.07) is -0.256. The van der Waals surface area contributed by atoms with Crippen LogP contribution in [-0.2, 0) is 14.3 Å². The van der Waals surface area contributed by atoms with Gasteiger partial charge in [0.1, 0.15) is 11.7 Å². The Bertz CT molecular complexity index is 787. The lowest BCUT2D eigenvalue weighted by Crippen LogP contribution is -2.48. The zero-order valence-corrected chi connectivity index (χ0v) is 12.2. The Morgan fingerprint density at radius 1 is 1.33 bits per heavy atom. The molecule has 0 radical (unpaired) electrons. The van der Waals surface area contributed by atoms with Crippen molar-refractivity contribution in [2.75, 3.05) is 7.11 Å². The second kappa shape index (κ2) is 6.64. The van der Waals surface area contributed by atoms with Gasteiger partial charge < -0.3 is 10.1 Å². The summed E-state index contributed by atoms with van der Waals surface area (Å²) >= 11 is 0. The van der Waals surface area contributed by atoms with E-state index >= 15 is 0 Å². The van der Waals surface area contributed by atoms with Crippen LogP contribution in [0.15, 0.2) is 24.7 Å². The second-order valence-corrected chi connectivity index (χ2v) is 4.61. The summed E-state index contributed by atoms with van der Waals surface area (Å²) in [5, 5.41) is 1.44. The Labute approximate surface area is 132 Å². The highest BCUT2D eigenvalue weighted by molar-refractivity contribution is 5.99. The Kier molecular flexibility index (Phi) is 4.81. The van der Waals surface area contributed by atoms with Crippen LogP contribution in [0.4, 0.5) is 13.2 Å². The lowest BCUT2D eigenvalue weighted by atomic mass is 10.1. The molecule has 0 bridgehead atoms. The van der Waals surface area contributed by atoms with E-state index in [0.29, 0.717) is 0 Å². The topological polar surface area (TPSA) is 103 Å². The number of hydrogen-bond donors (Lipinski definition) is 1. The molecule has 0 aliphatic carbocycles. The van der Waals surface area contributed by atoms with Gasteiger partial charge in [-0.3, -0.25) is 14.0 Å². The van der Waals surface area contributed by atoms with Gasteiger partial charge in [-0.2, -0.15) is 13.2 Å². The number of nitrogens with one attached hydrogen (secondary N) is 1. The molecule has 8 nitrogen and oxygen atoms in total. The zero-order chi connectivity index (χ0) is 17.9. The van der Waals surface area contributed by atoms with E-state index in [2.05, 4.69) is 14.7 Å². The standard InChI is InChI=1S/C13H11F3N4O4/c1-24-10(22)7(19-11(23)13(14,15)16)5-9(21)8-6-18-12-17-3-2-4-20(8)12/h2-4,6-7H,5H2,1H3,(H,19,23)/t7-/m1/s1. The normalized spacial score (nSPS) is 12.7. The van der Waals surface area contributed by atoms with Gasteiger partial charge in [-0.05, 0) is 6.07 Å². The molecule has 0 fully saturated rings. The number of methoxy groups -OCH3 is 1. The van der Waals surface area contributed by atoms with Crippen molar-refractivity contribution in [3.8, 4) is 0 Å². The van der Waals surface area contributed by atoms with Gasteiger partial charge in [0.15, 0.2) is 5.78 Å². The zero-order valence-electron chi connectivity index (χ0n) is 12.2. The molecule has 2 aromatic heterocycles. The number of halogens is 3. The molecule has 2 rings (SSSR count). The number of alkyl halides is 3. The van der Waals surface area contributed by atoms with E-state index in [0.717, 1.165) is 7.11 Å². The van der Waals surface area contributed by atoms with E-state index in [-0.39, 0.29) is 11.5 Å². The molecule has 0 aromatic carbocycles. The summed E-state index contributed by atoms with van der Waals surface area (Å²) in [5.41, 5.74) is 0.00765. The Morgan fingerprint density at radius 3 is 2.67 bits per heavy atom. The van der Waals surface area contributed by atoms with Crippen molar-refractivity contribution in [3.05, 3.63) is 30.4 Å². The molecular formula is C13H11F3N4O4. The number of ketones is 1. The molecule has 24 heavy (non-hydrogen) atoms. The first-order valence-corrected chi connectivity index (χ1v) is 6.51. The van der Waals surface area contributed by atoms with Crippen molar-refractivity contribution in [2.45, 2.75) is 18.6 Å². The number of esters is 1. The predicted octanol–water partition coefficient (Wildman–Crippen LogP) is 0.522. The van der Waals surface area contributed by atoms with E-state index in [1.807, 2.05) is 0 Å². The molecule has 128 valence electrons. The van der Waals surface area contributed by atoms with E-state index in [1.165, 1.54) is 34.4 Å². The maximum Gasteiger partial charge on any atom is 0.471 e. The number of Topliss-reactive ketones (excluding diaryl/α,β-unsaturated/α-hetero) is 1.